The first kappa shape index (κ1) is 18.6. The fourth-order valence-electron chi connectivity index (χ4n) is 5.31. The first-order valence-electron chi connectivity index (χ1n) is 11.0. The number of hydrogen-bond acceptors (Lipinski definition) is 5. The number of rotatable bonds is 4. The third-order valence-electron chi connectivity index (χ3n) is 7.18. The average Bonchev–Trinajstić information content (AvgIpc) is 3.25. The second-order valence-corrected chi connectivity index (χ2v) is 9.60. The van der Waals surface area contributed by atoms with Crippen LogP contribution in [0.25, 0.3) is 0 Å². The first-order chi connectivity index (χ1) is 14.6. The van der Waals surface area contributed by atoms with Crippen molar-refractivity contribution in [2.24, 2.45) is 5.41 Å². The van der Waals surface area contributed by atoms with E-state index in [1.54, 1.807) is 0 Å². The molecule has 1 atom stereocenters. The van der Waals surface area contributed by atoms with Crippen LogP contribution in [0.5, 0.6) is 5.75 Å². The van der Waals surface area contributed by atoms with Crippen LogP contribution in [0.15, 0.2) is 12.1 Å². The number of halogens is 1. The quantitative estimate of drug-likeness (QED) is 0.812. The maximum Gasteiger partial charge on any atom is 0.224 e. The van der Waals surface area contributed by atoms with Gasteiger partial charge < -0.3 is 9.64 Å². The van der Waals surface area contributed by atoms with Gasteiger partial charge >= 0.3 is 0 Å². The smallest absolute Gasteiger partial charge is 0.224 e. The molecule has 30 heavy (non-hydrogen) atoms. The molecule has 3 aliphatic heterocycles. The van der Waals surface area contributed by atoms with Crippen molar-refractivity contribution in [1.82, 2.24) is 25.2 Å². The molecular formula is C22H26ClN5O2. The minimum Gasteiger partial charge on any atom is -0.487 e. The summed E-state index contributed by atoms with van der Waals surface area (Å²) in [7, 11) is 0. The Kier molecular flexibility index (Phi) is 4.32. The first-order valence-corrected chi connectivity index (χ1v) is 11.4. The lowest BCUT2D eigenvalue weighted by Crippen LogP contribution is -2.43. The number of hydrogen-bond donors (Lipinski definition) is 1. The van der Waals surface area contributed by atoms with E-state index in [-0.39, 0.29) is 17.5 Å². The molecule has 1 aromatic heterocycles. The van der Waals surface area contributed by atoms with Gasteiger partial charge in [0, 0.05) is 36.6 Å². The Hall–Kier alpha value is -2.12. The second-order valence-electron chi connectivity index (χ2n) is 9.19. The molecule has 1 saturated heterocycles. The minimum absolute atomic E-state index is 0.177. The summed E-state index contributed by atoms with van der Waals surface area (Å²) in [6.45, 7) is 2.95. The Bertz CT molecular complexity index is 1020. The van der Waals surface area contributed by atoms with Crippen molar-refractivity contribution in [2.75, 3.05) is 13.1 Å². The summed E-state index contributed by atoms with van der Waals surface area (Å²) >= 11 is 6.57. The van der Waals surface area contributed by atoms with Crippen LogP contribution in [0, 0.1) is 5.41 Å². The maximum absolute atomic E-state index is 12.8. The summed E-state index contributed by atoms with van der Waals surface area (Å²) in [5, 5.41) is 12.9. The van der Waals surface area contributed by atoms with Crippen molar-refractivity contribution in [3.63, 3.8) is 0 Å². The van der Waals surface area contributed by atoms with Crippen LogP contribution < -0.4 is 10.1 Å². The van der Waals surface area contributed by atoms with Gasteiger partial charge in [0.25, 0.3) is 0 Å². The van der Waals surface area contributed by atoms with Gasteiger partial charge in [-0.25, -0.2) is 4.68 Å². The lowest BCUT2D eigenvalue weighted by molar-refractivity contribution is -0.130. The van der Waals surface area contributed by atoms with E-state index < -0.39 is 0 Å². The summed E-state index contributed by atoms with van der Waals surface area (Å²) in [5.74, 6) is 1.02. The molecule has 6 rings (SSSR count). The Balaban J connectivity index is 1.31. The molecule has 0 bridgehead atoms. The average molecular weight is 428 g/mol. The van der Waals surface area contributed by atoms with E-state index in [1.807, 2.05) is 21.7 Å². The van der Waals surface area contributed by atoms with Crippen molar-refractivity contribution < 1.29 is 9.53 Å². The maximum atomic E-state index is 12.8. The highest BCUT2D eigenvalue weighted by Gasteiger charge is 2.53. The molecule has 4 aliphatic rings. The number of likely N-dealkylation sites (tertiary alicyclic amines) is 1. The van der Waals surface area contributed by atoms with Crippen LogP contribution in [0.4, 0.5) is 0 Å². The number of nitrogens with one attached hydrogen (secondary N) is 1. The summed E-state index contributed by atoms with van der Waals surface area (Å²) < 4.78 is 8.31. The number of amides is 1. The van der Waals surface area contributed by atoms with Crippen molar-refractivity contribution in [3.8, 4) is 5.75 Å². The number of ether oxygens (including phenoxy) is 1. The predicted octanol–water partition coefficient (Wildman–Crippen LogP) is 3.00. The molecule has 7 nitrogen and oxygen atoms in total. The molecule has 0 unspecified atom stereocenters. The van der Waals surface area contributed by atoms with Crippen LogP contribution in [0.1, 0.15) is 60.8 Å². The topological polar surface area (TPSA) is 72.3 Å². The van der Waals surface area contributed by atoms with Gasteiger partial charge in [0.15, 0.2) is 0 Å². The Morgan fingerprint density at radius 1 is 1.27 bits per heavy atom. The fourth-order valence-corrected chi connectivity index (χ4v) is 5.57. The summed E-state index contributed by atoms with van der Waals surface area (Å²) in [6.07, 6.45) is 6.96. The molecule has 0 radical (unpaired) electrons. The van der Waals surface area contributed by atoms with Crippen LogP contribution in [0.3, 0.4) is 0 Å². The highest BCUT2D eigenvalue weighted by atomic mass is 35.5. The molecule has 2 aromatic rings. The van der Waals surface area contributed by atoms with Crippen LogP contribution in [-0.2, 0) is 30.8 Å². The van der Waals surface area contributed by atoms with Crippen molar-refractivity contribution in [3.05, 3.63) is 39.7 Å². The third-order valence-corrected chi connectivity index (χ3v) is 7.54. The highest BCUT2D eigenvalue weighted by Crippen LogP contribution is 2.55. The fraction of sp³-hybridized carbons (Fsp3) is 0.591. The van der Waals surface area contributed by atoms with Crippen molar-refractivity contribution >= 4 is 17.5 Å². The van der Waals surface area contributed by atoms with E-state index >= 15 is 0 Å². The number of carbonyl (C=O) groups is 1. The summed E-state index contributed by atoms with van der Waals surface area (Å²) in [5.41, 5.74) is 4.42. The number of carbonyl (C=O) groups excluding carboxylic acids is 1. The van der Waals surface area contributed by atoms with E-state index in [9.17, 15) is 4.79 Å². The molecule has 2 fully saturated rings. The standard InChI is InChI=1S/C22H26ClN5O2/c23-15-4-5-18(30-12-16-17-3-1-2-10-28(17)26-25-16)20-14(15)6-9-24-21(20)27-13-22(7-8-22)11-19(27)29/h4-5,21,24H,1-3,6-13H2/t21-/m1/s1. The van der Waals surface area contributed by atoms with Gasteiger partial charge in [-0.15, -0.1) is 5.10 Å². The monoisotopic (exact) mass is 427 g/mol. The van der Waals surface area contributed by atoms with Gasteiger partial charge in [-0.05, 0) is 61.6 Å². The van der Waals surface area contributed by atoms with Crippen LogP contribution in [0.2, 0.25) is 5.02 Å². The zero-order valence-corrected chi connectivity index (χ0v) is 17.7. The number of fused-ring (bicyclic) bond motifs is 2. The van der Waals surface area contributed by atoms with Gasteiger partial charge in [-0.2, -0.15) is 0 Å². The van der Waals surface area contributed by atoms with Gasteiger partial charge in [0.05, 0.1) is 5.69 Å². The number of benzene rings is 1. The number of aromatic nitrogens is 3. The van der Waals surface area contributed by atoms with E-state index in [2.05, 4.69) is 15.6 Å². The van der Waals surface area contributed by atoms with E-state index in [4.69, 9.17) is 16.3 Å². The van der Waals surface area contributed by atoms with Gasteiger partial charge in [0.2, 0.25) is 5.91 Å². The molecule has 1 amide bonds. The zero-order valence-electron chi connectivity index (χ0n) is 17.0. The zero-order chi connectivity index (χ0) is 20.3. The Labute approximate surface area is 180 Å². The van der Waals surface area contributed by atoms with Crippen LogP contribution >= 0.6 is 11.6 Å². The molecular weight excluding hydrogens is 402 g/mol. The largest absolute Gasteiger partial charge is 0.487 e. The Morgan fingerprint density at radius 2 is 2.17 bits per heavy atom. The minimum atomic E-state index is -0.177. The SMILES string of the molecule is O=C1CC2(CC2)CN1[C@H]1NCCc2c(Cl)ccc(OCc3nnn4c3CCCC4)c21. The predicted molar refractivity (Wildman–Crippen MR) is 111 cm³/mol. The Morgan fingerprint density at radius 3 is 3.00 bits per heavy atom. The number of nitrogens with zero attached hydrogens (tertiary/aromatic N) is 4. The molecule has 1 spiro atoms. The highest BCUT2D eigenvalue weighted by molar-refractivity contribution is 6.31. The van der Waals surface area contributed by atoms with E-state index in [0.717, 1.165) is 79.3 Å². The van der Waals surface area contributed by atoms with Gasteiger partial charge in [-0.1, -0.05) is 16.8 Å². The molecule has 8 heteroatoms. The molecule has 4 heterocycles. The van der Waals surface area contributed by atoms with E-state index in [1.165, 1.54) is 12.1 Å². The van der Waals surface area contributed by atoms with Gasteiger partial charge in [0.1, 0.15) is 24.2 Å². The van der Waals surface area contributed by atoms with Crippen molar-refractivity contribution in [1.29, 1.82) is 0 Å². The van der Waals surface area contributed by atoms with Crippen molar-refractivity contribution in [2.45, 2.75) is 64.3 Å². The molecule has 1 aliphatic carbocycles. The molecule has 1 saturated carbocycles. The molecule has 158 valence electrons. The van der Waals surface area contributed by atoms with Crippen LogP contribution in [-0.4, -0.2) is 38.9 Å². The van der Waals surface area contributed by atoms with Gasteiger partial charge in [-0.3, -0.25) is 10.1 Å². The number of aryl methyl sites for hydroxylation is 1. The lowest BCUT2D eigenvalue weighted by atomic mass is 9.96. The normalized spacial score (nSPS) is 24.1. The summed E-state index contributed by atoms with van der Waals surface area (Å²) in [6, 6.07) is 3.84. The van der Waals surface area contributed by atoms with E-state index in [0.29, 0.717) is 13.0 Å². The lowest BCUT2D eigenvalue weighted by Gasteiger charge is -2.36. The summed E-state index contributed by atoms with van der Waals surface area (Å²) in [4.78, 5) is 14.8. The third kappa shape index (κ3) is 3.02. The molecule has 1 N–H and O–H groups in total. The molecule has 1 aromatic carbocycles. The second kappa shape index (κ2) is 6.95.